The van der Waals surface area contributed by atoms with E-state index in [-0.39, 0.29) is 0 Å². The van der Waals surface area contributed by atoms with Gasteiger partial charge in [0.2, 0.25) is 0 Å². The van der Waals surface area contributed by atoms with E-state index in [1.807, 2.05) is 0 Å². The molecule has 2 unspecified atom stereocenters. The Kier molecular flexibility index (Phi) is 6.31. The average Bonchev–Trinajstić information content (AvgIpc) is 2.92. The molecule has 1 fully saturated rings. The maximum absolute atomic E-state index is 5.73. The van der Waals surface area contributed by atoms with Gasteiger partial charge in [-0.25, -0.2) is 0 Å². The highest BCUT2D eigenvalue weighted by atomic mass is 32.1. The van der Waals surface area contributed by atoms with E-state index in [9.17, 15) is 0 Å². The molecule has 4 heteroatoms. The van der Waals surface area contributed by atoms with Crippen LogP contribution in [0.25, 0.3) is 0 Å². The summed E-state index contributed by atoms with van der Waals surface area (Å²) in [5, 5.41) is 7.94. The van der Waals surface area contributed by atoms with Crippen molar-refractivity contribution < 1.29 is 4.74 Å². The van der Waals surface area contributed by atoms with Crippen molar-refractivity contribution in [2.24, 2.45) is 0 Å². The lowest BCUT2D eigenvalue weighted by molar-refractivity contribution is -0.0550. The molecule has 2 atom stereocenters. The van der Waals surface area contributed by atoms with Crippen LogP contribution in [0.1, 0.15) is 25.8 Å². The van der Waals surface area contributed by atoms with Crippen molar-refractivity contribution in [3.63, 3.8) is 0 Å². The Morgan fingerprint density at radius 3 is 3.11 bits per heavy atom. The van der Waals surface area contributed by atoms with E-state index in [2.05, 4.69) is 40.9 Å². The number of rotatable bonds is 7. The van der Waals surface area contributed by atoms with Crippen LogP contribution >= 0.6 is 11.3 Å². The van der Waals surface area contributed by atoms with Crippen LogP contribution in [0, 0.1) is 0 Å². The molecule has 2 rings (SSSR count). The first-order valence-electron chi connectivity index (χ1n) is 7.37. The first-order valence-corrected chi connectivity index (χ1v) is 8.31. The molecule has 19 heavy (non-hydrogen) atoms. The fourth-order valence-corrected chi connectivity index (χ4v) is 3.28. The van der Waals surface area contributed by atoms with Gasteiger partial charge in [0.05, 0.1) is 12.7 Å². The number of hydrogen-bond donors (Lipinski definition) is 1. The molecule has 2 heterocycles. The SMILES string of the molecule is CCC1COC(C)CN1CCNCCc1ccsc1. The van der Waals surface area contributed by atoms with Crippen molar-refractivity contribution in [2.45, 2.75) is 38.8 Å². The number of ether oxygens (including phenoxy) is 1. The summed E-state index contributed by atoms with van der Waals surface area (Å²) in [6.45, 7) is 9.68. The van der Waals surface area contributed by atoms with Gasteiger partial charge < -0.3 is 10.1 Å². The van der Waals surface area contributed by atoms with Crippen LogP contribution in [0.15, 0.2) is 16.8 Å². The zero-order valence-electron chi connectivity index (χ0n) is 12.1. The van der Waals surface area contributed by atoms with Crippen LogP contribution in [0.2, 0.25) is 0 Å². The summed E-state index contributed by atoms with van der Waals surface area (Å²) in [6.07, 6.45) is 2.70. The second kappa shape index (κ2) is 8.00. The molecule has 1 aromatic rings. The first kappa shape index (κ1) is 15.0. The lowest BCUT2D eigenvalue weighted by atomic mass is 10.1. The molecule has 1 N–H and O–H groups in total. The minimum atomic E-state index is 0.383. The van der Waals surface area contributed by atoms with Crippen molar-refractivity contribution in [3.05, 3.63) is 22.4 Å². The van der Waals surface area contributed by atoms with Gasteiger partial charge >= 0.3 is 0 Å². The van der Waals surface area contributed by atoms with Gasteiger partial charge in [-0.2, -0.15) is 11.3 Å². The highest BCUT2D eigenvalue weighted by Crippen LogP contribution is 2.13. The fraction of sp³-hybridized carbons (Fsp3) is 0.733. The topological polar surface area (TPSA) is 24.5 Å². The zero-order valence-corrected chi connectivity index (χ0v) is 12.9. The summed E-state index contributed by atoms with van der Waals surface area (Å²) < 4.78 is 5.73. The number of nitrogens with one attached hydrogen (secondary N) is 1. The summed E-state index contributed by atoms with van der Waals surface area (Å²) in [5.74, 6) is 0. The minimum Gasteiger partial charge on any atom is -0.376 e. The third-order valence-corrected chi connectivity index (χ3v) is 4.53. The van der Waals surface area contributed by atoms with Crippen molar-refractivity contribution >= 4 is 11.3 Å². The predicted octanol–water partition coefficient (Wildman–Crippen LogP) is 2.38. The summed E-state index contributed by atoms with van der Waals surface area (Å²) in [5.41, 5.74) is 1.45. The molecule has 0 bridgehead atoms. The second-order valence-electron chi connectivity index (χ2n) is 5.33. The van der Waals surface area contributed by atoms with Crippen molar-refractivity contribution in [2.75, 3.05) is 32.8 Å². The van der Waals surface area contributed by atoms with Gasteiger partial charge in [-0.15, -0.1) is 0 Å². The predicted molar refractivity (Wildman–Crippen MR) is 82.0 cm³/mol. The Hall–Kier alpha value is -0.420. The second-order valence-corrected chi connectivity index (χ2v) is 6.11. The van der Waals surface area contributed by atoms with Gasteiger partial charge in [0.25, 0.3) is 0 Å². The Morgan fingerprint density at radius 2 is 2.37 bits per heavy atom. The molecule has 1 aromatic heterocycles. The summed E-state index contributed by atoms with van der Waals surface area (Å²) in [7, 11) is 0. The third kappa shape index (κ3) is 4.88. The molecular formula is C15H26N2OS. The normalized spacial score (nSPS) is 24.7. The molecule has 1 aliphatic heterocycles. The van der Waals surface area contributed by atoms with Crippen molar-refractivity contribution in [3.8, 4) is 0 Å². The fourth-order valence-electron chi connectivity index (χ4n) is 2.58. The van der Waals surface area contributed by atoms with Gasteiger partial charge in [0, 0.05) is 25.7 Å². The van der Waals surface area contributed by atoms with Crippen LogP contribution in [-0.2, 0) is 11.2 Å². The van der Waals surface area contributed by atoms with E-state index in [0.717, 1.165) is 39.2 Å². The Balaban J connectivity index is 1.61. The van der Waals surface area contributed by atoms with E-state index in [0.29, 0.717) is 12.1 Å². The smallest absolute Gasteiger partial charge is 0.0674 e. The highest BCUT2D eigenvalue weighted by molar-refractivity contribution is 7.07. The lowest BCUT2D eigenvalue weighted by Gasteiger charge is -2.38. The standard InChI is InChI=1S/C15H26N2OS/c1-3-15-11-18-13(2)10-17(15)8-7-16-6-4-14-5-9-19-12-14/h5,9,12-13,15-16H,3-4,6-8,10-11H2,1-2H3. The van der Waals surface area contributed by atoms with Crippen molar-refractivity contribution in [1.82, 2.24) is 10.2 Å². The quantitative estimate of drug-likeness (QED) is 0.777. The molecule has 0 amide bonds. The largest absolute Gasteiger partial charge is 0.376 e. The molecule has 1 saturated heterocycles. The van der Waals surface area contributed by atoms with Crippen LogP contribution in [0.3, 0.4) is 0 Å². The number of hydrogen-bond acceptors (Lipinski definition) is 4. The molecule has 0 radical (unpaired) electrons. The monoisotopic (exact) mass is 282 g/mol. The number of thiophene rings is 1. The van der Waals surface area contributed by atoms with E-state index in [4.69, 9.17) is 4.74 Å². The Labute approximate surface area is 121 Å². The number of nitrogens with zero attached hydrogens (tertiary/aromatic N) is 1. The lowest BCUT2D eigenvalue weighted by Crippen LogP contribution is -2.50. The Bertz CT molecular complexity index is 342. The van der Waals surface area contributed by atoms with E-state index >= 15 is 0 Å². The van der Waals surface area contributed by atoms with Gasteiger partial charge in [0.1, 0.15) is 0 Å². The molecule has 108 valence electrons. The van der Waals surface area contributed by atoms with Crippen LogP contribution in [-0.4, -0.2) is 49.8 Å². The van der Waals surface area contributed by atoms with Crippen LogP contribution in [0.4, 0.5) is 0 Å². The first-order chi connectivity index (χ1) is 9.29. The highest BCUT2D eigenvalue weighted by Gasteiger charge is 2.24. The molecule has 0 aliphatic carbocycles. The van der Waals surface area contributed by atoms with Gasteiger partial charge in [-0.3, -0.25) is 4.90 Å². The third-order valence-electron chi connectivity index (χ3n) is 3.80. The summed E-state index contributed by atoms with van der Waals surface area (Å²) in [4.78, 5) is 2.58. The maximum Gasteiger partial charge on any atom is 0.0674 e. The molecule has 1 aliphatic rings. The zero-order chi connectivity index (χ0) is 13.5. The maximum atomic E-state index is 5.73. The summed E-state index contributed by atoms with van der Waals surface area (Å²) >= 11 is 1.78. The minimum absolute atomic E-state index is 0.383. The van der Waals surface area contributed by atoms with E-state index < -0.39 is 0 Å². The Morgan fingerprint density at radius 1 is 1.47 bits per heavy atom. The number of morpholine rings is 1. The van der Waals surface area contributed by atoms with E-state index in [1.54, 1.807) is 11.3 Å². The molecule has 0 aromatic carbocycles. The average molecular weight is 282 g/mol. The van der Waals surface area contributed by atoms with E-state index in [1.165, 1.54) is 12.0 Å². The summed E-state index contributed by atoms with van der Waals surface area (Å²) in [6, 6.07) is 2.82. The molecular weight excluding hydrogens is 256 g/mol. The van der Waals surface area contributed by atoms with Gasteiger partial charge in [-0.1, -0.05) is 6.92 Å². The van der Waals surface area contributed by atoms with Gasteiger partial charge in [0.15, 0.2) is 0 Å². The molecule has 0 spiro atoms. The van der Waals surface area contributed by atoms with Crippen LogP contribution in [0.5, 0.6) is 0 Å². The molecule has 0 saturated carbocycles. The van der Waals surface area contributed by atoms with Crippen LogP contribution < -0.4 is 5.32 Å². The molecule has 3 nitrogen and oxygen atoms in total. The van der Waals surface area contributed by atoms with Crippen molar-refractivity contribution in [1.29, 1.82) is 0 Å². The van der Waals surface area contributed by atoms with Gasteiger partial charge in [-0.05, 0) is 48.7 Å².